The summed E-state index contributed by atoms with van der Waals surface area (Å²) in [5.41, 5.74) is 0.613. The molecule has 0 aliphatic carbocycles. The molecule has 0 atom stereocenters. The molecule has 2 nitrogen and oxygen atoms in total. The van der Waals surface area contributed by atoms with E-state index in [1.54, 1.807) is 19.2 Å². The standard InChI is InChI=1S/C8H9FNO.Tl/c1-11-8-4-2-3-7(9)6(8)5-10;/h2-4,10H,5H2,1H3;/q-1;+1. The summed E-state index contributed by atoms with van der Waals surface area (Å²) in [6.45, 7) is 0.556. The minimum atomic E-state index is -0.206. The van der Waals surface area contributed by atoms with Crippen LogP contribution >= 0.6 is 0 Å². The number of methoxy groups -OCH3 is 1. The molecule has 1 aromatic rings. The molecule has 0 aromatic heterocycles. The third-order valence-electron chi connectivity index (χ3n) is 1.57. The van der Waals surface area contributed by atoms with Gasteiger partial charge in [0, 0.05) is 0 Å². The van der Waals surface area contributed by atoms with E-state index in [-0.39, 0.29) is 5.82 Å². The van der Waals surface area contributed by atoms with Gasteiger partial charge in [0.25, 0.3) is 0 Å². The van der Waals surface area contributed by atoms with Gasteiger partial charge in [0.05, 0.1) is 0 Å². The SMILES string of the molecule is COc1cccc(F)c1C[NH][Tl]. The van der Waals surface area contributed by atoms with Gasteiger partial charge in [-0.25, -0.2) is 0 Å². The molecule has 0 aliphatic heterocycles. The summed E-state index contributed by atoms with van der Waals surface area (Å²) in [5, 5.41) is 0. The van der Waals surface area contributed by atoms with Gasteiger partial charge in [-0.05, 0) is 0 Å². The van der Waals surface area contributed by atoms with E-state index < -0.39 is 0 Å². The van der Waals surface area contributed by atoms with Crippen molar-refractivity contribution in [3.05, 3.63) is 29.6 Å². The molecule has 12 heavy (non-hydrogen) atoms. The van der Waals surface area contributed by atoms with Crippen molar-refractivity contribution in [1.82, 2.24) is 3.13 Å². The van der Waals surface area contributed by atoms with Crippen LogP contribution in [0.4, 0.5) is 4.39 Å². The molecule has 0 aliphatic rings. The summed E-state index contributed by atoms with van der Waals surface area (Å²) >= 11 is 0.666. The molecule has 0 unspecified atom stereocenters. The van der Waals surface area contributed by atoms with E-state index >= 15 is 0 Å². The molecule has 0 radical (unpaired) electrons. The molecule has 0 saturated carbocycles. The van der Waals surface area contributed by atoms with Gasteiger partial charge >= 0.3 is 87.3 Å². The van der Waals surface area contributed by atoms with Crippen LogP contribution in [0.15, 0.2) is 18.2 Å². The van der Waals surface area contributed by atoms with Crippen molar-refractivity contribution in [2.24, 2.45) is 0 Å². The zero-order chi connectivity index (χ0) is 8.97. The van der Waals surface area contributed by atoms with E-state index in [4.69, 9.17) is 4.74 Å². The Hall–Kier alpha value is -0.168. The summed E-state index contributed by atoms with van der Waals surface area (Å²) in [5.74, 6) is 0.408. The number of hydrogen-bond acceptors (Lipinski definition) is 2. The fraction of sp³-hybridized carbons (Fsp3) is 0.250. The van der Waals surface area contributed by atoms with Crippen molar-refractivity contribution in [2.45, 2.75) is 6.54 Å². The van der Waals surface area contributed by atoms with Crippen LogP contribution < -0.4 is 7.86 Å². The van der Waals surface area contributed by atoms with Gasteiger partial charge in [-0.15, -0.1) is 0 Å². The molecule has 0 spiro atoms. The predicted molar refractivity (Wildman–Crippen MR) is 45.5 cm³/mol. The average Bonchev–Trinajstić information content (AvgIpc) is 2.09. The Morgan fingerprint density at radius 1 is 1.58 bits per heavy atom. The maximum absolute atomic E-state index is 13.1. The number of ether oxygens (including phenoxy) is 1. The second-order valence-corrected chi connectivity index (χ2v) is 3.89. The molecular weight excluding hydrogens is 349 g/mol. The first kappa shape index (κ1) is 9.92. The van der Waals surface area contributed by atoms with Crippen LogP contribution in [-0.4, -0.2) is 33.2 Å². The third kappa shape index (κ3) is 2.16. The number of benzene rings is 1. The van der Waals surface area contributed by atoms with Crippen LogP contribution in [0.2, 0.25) is 0 Å². The van der Waals surface area contributed by atoms with Crippen LogP contribution in [0.3, 0.4) is 0 Å². The molecule has 0 bridgehead atoms. The van der Waals surface area contributed by atoms with Gasteiger partial charge in [-0.3, -0.25) is 0 Å². The Balaban J connectivity index is 3.02. The normalized spacial score (nSPS) is 9.75. The summed E-state index contributed by atoms with van der Waals surface area (Å²) in [4.78, 5) is 0. The quantitative estimate of drug-likeness (QED) is 0.815. The zero-order valence-corrected chi connectivity index (χ0v) is 11.3. The van der Waals surface area contributed by atoms with Gasteiger partial charge in [-0.1, -0.05) is 0 Å². The maximum atomic E-state index is 13.1. The Morgan fingerprint density at radius 3 is 2.92 bits per heavy atom. The first-order valence-corrected chi connectivity index (χ1v) is 5.79. The topological polar surface area (TPSA) is 21.3 Å². The second-order valence-electron chi connectivity index (χ2n) is 2.30. The van der Waals surface area contributed by atoms with Crippen LogP contribution in [0.1, 0.15) is 5.56 Å². The Morgan fingerprint density at radius 2 is 2.33 bits per heavy atom. The van der Waals surface area contributed by atoms with E-state index in [1.807, 2.05) is 0 Å². The average molecular weight is 359 g/mol. The third-order valence-corrected chi connectivity index (χ3v) is 2.37. The van der Waals surface area contributed by atoms with Crippen molar-refractivity contribution in [1.29, 1.82) is 0 Å². The monoisotopic (exact) mass is 359 g/mol. The number of hydrogen-bond donors (Lipinski definition) is 1. The zero-order valence-electron chi connectivity index (χ0n) is 6.80. The molecule has 0 amide bonds. The van der Waals surface area contributed by atoms with E-state index in [9.17, 15) is 4.39 Å². The first-order valence-electron chi connectivity index (χ1n) is 3.54. The summed E-state index contributed by atoms with van der Waals surface area (Å²) in [6, 6.07) is 4.85. The van der Waals surface area contributed by atoms with E-state index in [0.29, 0.717) is 43.9 Å². The van der Waals surface area contributed by atoms with Gasteiger partial charge in [0.1, 0.15) is 0 Å². The molecule has 0 saturated heterocycles. The molecule has 1 aromatic carbocycles. The fourth-order valence-corrected chi connectivity index (χ4v) is 1.80. The molecular formula is C8H9FNOTl. The van der Waals surface area contributed by atoms with Crippen molar-refractivity contribution >= 4 is 26.1 Å². The van der Waals surface area contributed by atoms with E-state index in [1.165, 1.54) is 6.07 Å². The molecule has 1 N–H and O–H groups in total. The number of rotatable bonds is 3. The molecule has 0 fully saturated rings. The first-order chi connectivity index (χ1) is 5.79. The van der Waals surface area contributed by atoms with Gasteiger partial charge in [0.2, 0.25) is 0 Å². The van der Waals surface area contributed by atoms with Crippen molar-refractivity contribution in [3.63, 3.8) is 0 Å². The Bertz CT molecular complexity index is 267. The van der Waals surface area contributed by atoms with Gasteiger partial charge in [0.15, 0.2) is 0 Å². The summed E-state index contributed by atoms with van der Waals surface area (Å²) < 4.78 is 21.2. The van der Waals surface area contributed by atoms with Crippen LogP contribution in [0.5, 0.6) is 5.75 Å². The predicted octanol–water partition coefficient (Wildman–Crippen LogP) is 1.01. The van der Waals surface area contributed by atoms with E-state index in [2.05, 4.69) is 3.13 Å². The molecule has 4 heteroatoms. The van der Waals surface area contributed by atoms with Crippen molar-refractivity contribution < 1.29 is 9.13 Å². The number of nitrogens with one attached hydrogen (secondary N) is 1. The van der Waals surface area contributed by atoms with Crippen LogP contribution in [-0.2, 0) is 6.54 Å². The second kappa shape index (κ2) is 4.76. The summed E-state index contributed by atoms with van der Waals surface area (Å²) in [6.07, 6.45) is 0. The van der Waals surface area contributed by atoms with Gasteiger partial charge < -0.3 is 0 Å². The van der Waals surface area contributed by atoms with Gasteiger partial charge in [-0.2, -0.15) is 0 Å². The minimum absolute atomic E-state index is 0.206. The summed E-state index contributed by atoms with van der Waals surface area (Å²) in [7, 11) is 1.55. The number of halogens is 1. The fourth-order valence-electron chi connectivity index (χ4n) is 1.00. The molecule has 0 heterocycles. The van der Waals surface area contributed by atoms with Crippen LogP contribution in [0.25, 0.3) is 0 Å². The molecule has 62 valence electrons. The molecule has 1 rings (SSSR count). The Labute approximate surface area is 87.2 Å². The van der Waals surface area contributed by atoms with Crippen molar-refractivity contribution in [3.8, 4) is 5.75 Å². The van der Waals surface area contributed by atoms with E-state index in [0.717, 1.165) is 0 Å². The van der Waals surface area contributed by atoms with Crippen LogP contribution in [0, 0.1) is 5.82 Å². The van der Waals surface area contributed by atoms with Crippen molar-refractivity contribution in [2.75, 3.05) is 7.11 Å². The Kier molecular flexibility index (Phi) is 3.93.